The van der Waals surface area contributed by atoms with Gasteiger partial charge in [0.25, 0.3) is 0 Å². The van der Waals surface area contributed by atoms with Gasteiger partial charge in [-0.25, -0.2) is 9.37 Å². The Morgan fingerprint density at radius 2 is 2.25 bits per heavy atom. The van der Waals surface area contributed by atoms with Crippen LogP contribution in [0.3, 0.4) is 0 Å². The van der Waals surface area contributed by atoms with Crippen LogP contribution in [0.2, 0.25) is 0 Å². The van der Waals surface area contributed by atoms with E-state index >= 15 is 0 Å². The number of fused-ring (bicyclic) bond motifs is 1. The molecule has 1 atom stereocenters. The van der Waals surface area contributed by atoms with Gasteiger partial charge in [0, 0.05) is 12.1 Å². The molecule has 1 aromatic heterocycles. The largest absolute Gasteiger partial charge is 0.324 e. The van der Waals surface area contributed by atoms with Crippen molar-refractivity contribution in [2.45, 2.75) is 45.0 Å². The molecule has 20 heavy (non-hydrogen) atoms. The van der Waals surface area contributed by atoms with E-state index in [4.69, 9.17) is 11.6 Å². The van der Waals surface area contributed by atoms with Crippen LogP contribution in [-0.4, -0.2) is 9.55 Å². The van der Waals surface area contributed by atoms with E-state index in [-0.39, 0.29) is 5.82 Å². The van der Waals surface area contributed by atoms with Crippen molar-refractivity contribution in [3.05, 3.63) is 28.2 Å². The predicted molar refractivity (Wildman–Crippen MR) is 83.6 cm³/mol. The molecule has 3 rings (SSSR count). The predicted octanol–water partition coefficient (Wildman–Crippen LogP) is 5.43. The molecule has 1 aliphatic carbocycles. The zero-order valence-corrected chi connectivity index (χ0v) is 13.9. The molecule has 2 nitrogen and oxygen atoms in total. The Labute approximate surface area is 131 Å². The highest BCUT2D eigenvalue weighted by atomic mass is 79.9. The van der Waals surface area contributed by atoms with E-state index in [1.807, 2.05) is 0 Å². The minimum absolute atomic E-state index is 0.253. The number of alkyl halides is 1. The molecule has 0 radical (unpaired) electrons. The fraction of sp³-hybridized carbons (Fsp3) is 0.533. The number of aromatic nitrogens is 2. The van der Waals surface area contributed by atoms with E-state index in [1.54, 1.807) is 12.1 Å². The summed E-state index contributed by atoms with van der Waals surface area (Å²) in [4.78, 5) is 4.56. The molecule has 1 saturated carbocycles. The molecule has 1 aromatic carbocycles. The van der Waals surface area contributed by atoms with Crippen LogP contribution in [0.5, 0.6) is 0 Å². The van der Waals surface area contributed by atoms with Gasteiger partial charge in [-0.3, -0.25) is 0 Å². The van der Waals surface area contributed by atoms with Crippen LogP contribution in [0.15, 0.2) is 16.6 Å². The molecular formula is C15H17BrClFN2. The Balaban J connectivity index is 2.15. The standard InChI is InChI=1S/C15H17BrClFN2/c1-15(2)4-3-9(7-15)20-13-6-11(18)10(16)5-12(13)19-14(20)8-17/h5-6,9H,3-4,7-8H2,1-2H3. The third kappa shape index (κ3) is 2.37. The van der Waals surface area contributed by atoms with E-state index in [9.17, 15) is 4.39 Å². The second kappa shape index (κ2) is 4.99. The minimum atomic E-state index is -0.253. The molecule has 0 spiro atoms. The molecule has 0 amide bonds. The molecule has 1 fully saturated rings. The third-order valence-corrected chi connectivity index (χ3v) is 5.08. The van der Waals surface area contributed by atoms with Crippen molar-refractivity contribution in [3.63, 3.8) is 0 Å². The number of imidazole rings is 1. The highest BCUT2D eigenvalue weighted by Gasteiger charge is 2.33. The van der Waals surface area contributed by atoms with E-state index < -0.39 is 0 Å². The summed E-state index contributed by atoms with van der Waals surface area (Å²) in [7, 11) is 0. The highest BCUT2D eigenvalue weighted by Crippen LogP contribution is 2.45. The van der Waals surface area contributed by atoms with Crippen molar-refractivity contribution in [3.8, 4) is 0 Å². The van der Waals surface area contributed by atoms with E-state index in [1.165, 1.54) is 6.42 Å². The van der Waals surface area contributed by atoms with Gasteiger partial charge in [-0.15, -0.1) is 11.6 Å². The molecule has 1 aliphatic rings. The van der Waals surface area contributed by atoms with Crippen LogP contribution < -0.4 is 0 Å². The first-order valence-corrected chi connectivity index (χ1v) is 8.16. The summed E-state index contributed by atoms with van der Waals surface area (Å²) in [6.45, 7) is 4.56. The van der Waals surface area contributed by atoms with Crippen LogP contribution in [0, 0.1) is 11.2 Å². The van der Waals surface area contributed by atoms with Crippen molar-refractivity contribution < 1.29 is 4.39 Å². The average molecular weight is 360 g/mol. The SMILES string of the molecule is CC1(C)CCC(n2c(CCl)nc3cc(Br)c(F)cc32)C1. The zero-order chi connectivity index (χ0) is 14.5. The summed E-state index contributed by atoms with van der Waals surface area (Å²) >= 11 is 9.26. The van der Waals surface area contributed by atoms with Gasteiger partial charge in [-0.2, -0.15) is 0 Å². The maximum Gasteiger partial charge on any atom is 0.139 e. The van der Waals surface area contributed by atoms with E-state index in [0.717, 1.165) is 29.7 Å². The topological polar surface area (TPSA) is 17.8 Å². The monoisotopic (exact) mass is 358 g/mol. The number of hydrogen-bond acceptors (Lipinski definition) is 1. The number of nitrogens with zero attached hydrogens (tertiary/aromatic N) is 2. The molecule has 1 heterocycles. The normalized spacial score (nSPS) is 21.8. The summed E-state index contributed by atoms with van der Waals surface area (Å²) in [5.74, 6) is 0.934. The first kappa shape index (κ1) is 14.3. The van der Waals surface area contributed by atoms with Gasteiger partial charge in [0.1, 0.15) is 11.6 Å². The van der Waals surface area contributed by atoms with Gasteiger partial charge in [0.05, 0.1) is 21.4 Å². The quantitative estimate of drug-likeness (QED) is 0.654. The summed E-state index contributed by atoms with van der Waals surface area (Å²) in [6, 6.07) is 3.66. The average Bonchev–Trinajstić information content (AvgIpc) is 2.90. The molecule has 0 bridgehead atoms. The van der Waals surface area contributed by atoms with Gasteiger partial charge in [0.15, 0.2) is 0 Å². The molecule has 0 saturated heterocycles. The Morgan fingerprint density at radius 3 is 2.85 bits per heavy atom. The first-order chi connectivity index (χ1) is 9.41. The molecule has 2 aromatic rings. The Bertz CT molecular complexity index is 665. The molecule has 1 unspecified atom stereocenters. The van der Waals surface area contributed by atoms with E-state index in [2.05, 4.69) is 39.3 Å². The van der Waals surface area contributed by atoms with Crippen LogP contribution in [0.4, 0.5) is 4.39 Å². The zero-order valence-electron chi connectivity index (χ0n) is 11.6. The van der Waals surface area contributed by atoms with Crippen molar-refractivity contribution in [1.29, 1.82) is 0 Å². The fourth-order valence-corrected chi connectivity index (χ4v) is 3.78. The van der Waals surface area contributed by atoms with Crippen molar-refractivity contribution in [2.75, 3.05) is 0 Å². The summed E-state index contributed by atoms with van der Waals surface area (Å²) in [5, 5.41) is 0. The van der Waals surface area contributed by atoms with Crippen LogP contribution >= 0.6 is 27.5 Å². The molecule has 5 heteroatoms. The van der Waals surface area contributed by atoms with Gasteiger partial charge in [0.2, 0.25) is 0 Å². The summed E-state index contributed by atoms with van der Waals surface area (Å²) in [5.41, 5.74) is 1.99. The van der Waals surface area contributed by atoms with Gasteiger partial charge < -0.3 is 4.57 Å². The molecule has 0 aliphatic heterocycles. The highest BCUT2D eigenvalue weighted by molar-refractivity contribution is 9.10. The van der Waals surface area contributed by atoms with Gasteiger partial charge in [-0.05, 0) is 46.7 Å². The second-order valence-corrected chi connectivity index (χ2v) is 7.47. The van der Waals surface area contributed by atoms with Crippen LogP contribution in [0.25, 0.3) is 11.0 Å². The third-order valence-electron chi connectivity index (χ3n) is 4.23. The number of benzene rings is 1. The lowest BCUT2D eigenvalue weighted by molar-refractivity contribution is 0.359. The maximum absolute atomic E-state index is 13.9. The Kier molecular flexibility index (Phi) is 3.57. The summed E-state index contributed by atoms with van der Waals surface area (Å²) in [6.07, 6.45) is 3.36. The fourth-order valence-electron chi connectivity index (χ4n) is 3.26. The lowest BCUT2D eigenvalue weighted by Gasteiger charge is -2.19. The minimum Gasteiger partial charge on any atom is -0.324 e. The molecule has 108 valence electrons. The number of hydrogen-bond donors (Lipinski definition) is 0. The van der Waals surface area contributed by atoms with Crippen molar-refractivity contribution in [1.82, 2.24) is 9.55 Å². The number of halogens is 3. The van der Waals surface area contributed by atoms with E-state index in [0.29, 0.717) is 21.8 Å². The molecule has 0 N–H and O–H groups in total. The first-order valence-electron chi connectivity index (χ1n) is 6.83. The molecular weight excluding hydrogens is 343 g/mol. The van der Waals surface area contributed by atoms with Crippen molar-refractivity contribution >= 4 is 38.6 Å². The Hall–Kier alpha value is -0.610. The van der Waals surface area contributed by atoms with Crippen LogP contribution in [-0.2, 0) is 5.88 Å². The van der Waals surface area contributed by atoms with Gasteiger partial charge in [-0.1, -0.05) is 13.8 Å². The lowest BCUT2D eigenvalue weighted by atomic mass is 9.92. The van der Waals surface area contributed by atoms with Crippen molar-refractivity contribution in [2.24, 2.45) is 5.41 Å². The number of rotatable bonds is 2. The summed E-state index contributed by atoms with van der Waals surface area (Å²) < 4.78 is 16.5. The lowest BCUT2D eigenvalue weighted by Crippen LogP contribution is -2.11. The second-order valence-electron chi connectivity index (χ2n) is 6.35. The van der Waals surface area contributed by atoms with Gasteiger partial charge >= 0.3 is 0 Å². The Morgan fingerprint density at radius 1 is 1.50 bits per heavy atom. The maximum atomic E-state index is 13.9. The van der Waals surface area contributed by atoms with Crippen LogP contribution in [0.1, 0.15) is 45.0 Å². The smallest absolute Gasteiger partial charge is 0.139 e.